The average molecular weight is 421 g/mol. The van der Waals surface area contributed by atoms with Crippen LogP contribution in [0, 0.1) is 0 Å². The number of carbonyl (C=O) groups excluding carboxylic acids is 3. The van der Waals surface area contributed by atoms with E-state index in [1.54, 1.807) is 25.1 Å². The molecule has 2 heterocycles. The summed E-state index contributed by atoms with van der Waals surface area (Å²) in [5.41, 5.74) is 0.149. The molecule has 154 valence electrons. The molecule has 1 fully saturated rings. The van der Waals surface area contributed by atoms with Gasteiger partial charge in [-0.05, 0) is 31.2 Å². The van der Waals surface area contributed by atoms with Crippen molar-refractivity contribution in [1.29, 1.82) is 0 Å². The van der Waals surface area contributed by atoms with E-state index in [1.165, 1.54) is 32.3 Å². The van der Waals surface area contributed by atoms with E-state index in [0.717, 1.165) is 9.21 Å². The smallest absolute Gasteiger partial charge is 0.339 e. The fraction of sp³-hybridized carbons (Fsp3) is 0.278. The first-order valence-corrected chi connectivity index (χ1v) is 10.1. The Kier molecular flexibility index (Phi) is 5.44. The van der Waals surface area contributed by atoms with Crippen molar-refractivity contribution < 1.29 is 32.0 Å². The van der Waals surface area contributed by atoms with E-state index >= 15 is 0 Å². The molecule has 0 spiro atoms. The lowest BCUT2D eigenvalue weighted by atomic mass is 10.2. The minimum atomic E-state index is -3.81. The number of para-hydroxylation sites is 2. The zero-order valence-electron chi connectivity index (χ0n) is 16.0. The van der Waals surface area contributed by atoms with Gasteiger partial charge in [-0.3, -0.25) is 9.59 Å². The lowest BCUT2D eigenvalue weighted by Crippen LogP contribution is -2.33. The molecule has 1 aliphatic rings. The van der Waals surface area contributed by atoms with Crippen molar-refractivity contribution in [3.63, 3.8) is 0 Å². The number of benzene rings is 1. The quantitative estimate of drug-likeness (QED) is 0.490. The first-order valence-electron chi connectivity index (χ1n) is 8.61. The standard InChI is InChI=1S/C18H19N3O7S/c1-4-27-14-8-6-5-7-13(14)21-17(23)16(22)20(18(21)24)11-12-9-10-15(28-12)29(25,26)19(2)3/h5-10H,4,11H2,1-3H3. The predicted molar refractivity (Wildman–Crippen MR) is 101 cm³/mol. The fourth-order valence-corrected chi connectivity index (χ4v) is 3.51. The maximum atomic E-state index is 12.8. The van der Waals surface area contributed by atoms with Crippen LogP contribution in [-0.2, 0) is 26.2 Å². The Morgan fingerprint density at radius 2 is 1.72 bits per heavy atom. The summed E-state index contributed by atoms with van der Waals surface area (Å²) in [5, 5.41) is -0.332. The van der Waals surface area contributed by atoms with Crippen molar-refractivity contribution in [3.8, 4) is 5.75 Å². The Morgan fingerprint density at radius 1 is 1.03 bits per heavy atom. The molecule has 29 heavy (non-hydrogen) atoms. The van der Waals surface area contributed by atoms with E-state index in [0.29, 0.717) is 11.5 Å². The molecule has 11 heteroatoms. The molecule has 3 rings (SSSR count). The molecule has 1 aliphatic heterocycles. The minimum absolute atomic E-state index is 0.0415. The molecule has 2 aromatic rings. The zero-order valence-corrected chi connectivity index (χ0v) is 16.8. The van der Waals surface area contributed by atoms with E-state index in [1.807, 2.05) is 0 Å². The SMILES string of the molecule is CCOc1ccccc1N1C(=O)C(=O)N(Cc2ccc(S(=O)(=O)N(C)C)o2)C1=O. The summed E-state index contributed by atoms with van der Waals surface area (Å²) in [5.74, 6) is -1.76. The molecule has 1 aromatic heterocycles. The van der Waals surface area contributed by atoms with Crippen molar-refractivity contribution in [1.82, 2.24) is 9.21 Å². The summed E-state index contributed by atoms with van der Waals surface area (Å²) < 4.78 is 35.9. The van der Waals surface area contributed by atoms with E-state index in [2.05, 4.69) is 0 Å². The van der Waals surface area contributed by atoms with Crippen molar-refractivity contribution in [2.24, 2.45) is 0 Å². The van der Waals surface area contributed by atoms with Crippen LogP contribution in [0.3, 0.4) is 0 Å². The third-order valence-electron chi connectivity index (χ3n) is 4.15. The van der Waals surface area contributed by atoms with Crippen LogP contribution in [0.1, 0.15) is 12.7 Å². The Bertz CT molecular complexity index is 1070. The molecule has 0 saturated carbocycles. The van der Waals surface area contributed by atoms with Crippen molar-refractivity contribution in [2.75, 3.05) is 25.6 Å². The second-order valence-electron chi connectivity index (χ2n) is 6.22. The van der Waals surface area contributed by atoms with Crippen LogP contribution < -0.4 is 9.64 Å². The van der Waals surface area contributed by atoms with Crippen molar-refractivity contribution >= 4 is 33.6 Å². The number of imide groups is 2. The van der Waals surface area contributed by atoms with E-state index in [-0.39, 0.29) is 28.8 Å². The third-order valence-corrected chi connectivity index (χ3v) is 5.83. The Morgan fingerprint density at radius 3 is 2.38 bits per heavy atom. The summed E-state index contributed by atoms with van der Waals surface area (Å²) in [6, 6.07) is 8.03. The topological polar surface area (TPSA) is 117 Å². The molecule has 1 saturated heterocycles. The summed E-state index contributed by atoms with van der Waals surface area (Å²) in [6.45, 7) is 1.66. The number of nitrogens with zero attached hydrogens (tertiary/aromatic N) is 3. The second-order valence-corrected chi connectivity index (χ2v) is 8.31. The maximum Gasteiger partial charge on any atom is 0.339 e. The molecular weight excluding hydrogens is 402 g/mol. The van der Waals surface area contributed by atoms with Crippen LogP contribution in [0.4, 0.5) is 10.5 Å². The van der Waals surface area contributed by atoms with Crippen LogP contribution in [0.25, 0.3) is 0 Å². The van der Waals surface area contributed by atoms with Gasteiger partial charge in [-0.25, -0.2) is 27.3 Å². The number of amides is 4. The Labute approximate surface area is 167 Å². The summed E-state index contributed by atoms with van der Waals surface area (Å²) >= 11 is 0. The summed E-state index contributed by atoms with van der Waals surface area (Å²) in [6.07, 6.45) is 0. The molecule has 4 amide bonds. The van der Waals surface area contributed by atoms with Crippen LogP contribution in [0.5, 0.6) is 5.75 Å². The van der Waals surface area contributed by atoms with Crippen molar-refractivity contribution in [3.05, 3.63) is 42.2 Å². The largest absolute Gasteiger partial charge is 0.492 e. The van der Waals surface area contributed by atoms with Gasteiger partial charge < -0.3 is 9.15 Å². The van der Waals surface area contributed by atoms with E-state index in [4.69, 9.17) is 9.15 Å². The number of hydrogen-bond acceptors (Lipinski definition) is 7. The number of sulfonamides is 1. The molecular formula is C18H19N3O7S. The Hall–Kier alpha value is -3.18. The first-order chi connectivity index (χ1) is 13.7. The third kappa shape index (κ3) is 3.61. The van der Waals surface area contributed by atoms with Gasteiger partial charge in [0.1, 0.15) is 11.5 Å². The van der Waals surface area contributed by atoms with Crippen molar-refractivity contribution in [2.45, 2.75) is 18.6 Å². The zero-order chi connectivity index (χ0) is 21.3. The normalized spacial score (nSPS) is 15.0. The van der Waals surface area contributed by atoms with E-state index < -0.39 is 27.9 Å². The predicted octanol–water partition coefficient (Wildman–Crippen LogP) is 1.42. The van der Waals surface area contributed by atoms with Crippen LogP contribution in [0.15, 0.2) is 45.9 Å². The van der Waals surface area contributed by atoms with Gasteiger partial charge in [-0.15, -0.1) is 0 Å². The molecule has 0 unspecified atom stereocenters. The summed E-state index contributed by atoms with van der Waals surface area (Å²) in [4.78, 5) is 39.0. The minimum Gasteiger partial charge on any atom is -0.492 e. The highest BCUT2D eigenvalue weighted by atomic mass is 32.2. The lowest BCUT2D eigenvalue weighted by molar-refractivity contribution is -0.139. The van der Waals surface area contributed by atoms with Gasteiger partial charge >= 0.3 is 17.8 Å². The number of hydrogen-bond donors (Lipinski definition) is 0. The van der Waals surface area contributed by atoms with Crippen LogP contribution in [0.2, 0.25) is 0 Å². The van der Waals surface area contributed by atoms with E-state index in [9.17, 15) is 22.8 Å². The van der Waals surface area contributed by atoms with Gasteiger partial charge in [0.2, 0.25) is 5.09 Å². The summed E-state index contributed by atoms with van der Waals surface area (Å²) in [7, 11) is -1.12. The number of furan rings is 1. The number of carbonyl (C=O) groups is 3. The molecule has 0 bridgehead atoms. The number of ether oxygens (including phenoxy) is 1. The molecule has 0 radical (unpaired) electrons. The lowest BCUT2D eigenvalue weighted by Gasteiger charge is -2.17. The number of anilines is 1. The number of rotatable bonds is 7. The first kappa shape index (κ1) is 20.6. The molecule has 10 nitrogen and oxygen atoms in total. The molecule has 0 N–H and O–H groups in total. The molecule has 0 aliphatic carbocycles. The van der Waals surface area contributed by atoms with Crippen LogP contribution >= 0.6 is 0 Å². The maximum absolute atomic E-state index is 12.8. The van der Waals surface area contributed by atoms with Gasteiger partial charge in [-0.1, -0.05) is 12.1 Å². The monoisotopic (exact) mass is 421 g/mol. The van der Waals surface area contributed by atoms with Gasteiger partial charge in [-0.2, -0.15) is 0 Å². The van der Waals surface area contributed by atoms with Gasteiger partial charge in [0.15, 0.2) is 0 Å². The fourth-order valence-electron chi connectivity index (χ4n) is 2.69. The van der Waals surface area contributed by atoms with Crippen LogP contribution in [-0.4, -0.2) is 56.2 Å². The Balaban J connectivity index is 1.88. The highest BCUT2D eigenvalue weighted by Gasteiger charge is 2.46. The second kappa shape index (κ2) is 7.68. The van der Waals surface area contributed by atoms with Gasteiger partial charge in [0.05, 0.1) is 18.8 Å². The average Bonchev–Trinajstić information content (AvgIpc) is 3.23. The molecule has 0 atom stereocenters. The highest BCUT2D eigenvalue weighted by molar-refractivity contribution is 7.88. The number of urea groups is 1. The van der Waals surface area contributed by atoms with Gasteiger partial charge in [0, 0.05) is 14.1 Å². The highest BCUT2D eigenvalue weighted by Crippen LogP contribution is 2.32. The van der Waals surface area contributed by atoms with Gasteiger partial charge in [0.25, 0.3) is 10.0 Å². The molecule has 1 aromatic carbocycles.